The number of para-hydroxylation sites is 2. The first kappa shape index (κ1) is 16.5. The number of halogens is 1. The van der Waals surface area contributed by atoms with Crippen LogP contribution in [0.3, 0.4) is 0 Å². The monoisotopic (exact) mass is 341 g/mol. The molecule has 4 nitrogen and oxygen atoms in total. The fraction of sp³-hybridized carbons (Fsp3) is 0.263. The molecule has 1 aliphatic rings. The summed E-state index contributed by atoms with van der Waals surface area (Å²) >= 11 is 6.13. The molecule has 0 atom stereocenters. The van der Waals surface area contributed by atoms with Crippen LogP contribution >= 0.6 is 11.6 Å². The molecule has 0 aromatic heterocycles. The van der Waals surface area contributed by atoms with Crippen molar-refractivity contribution in [1.29, 1.82) is 0 Å². The van der Waals surface area contributed by atoms with Gasteiger partial charge in [0.1, 0.15) is 11.4 Å². The predicted octanol–water partition coefficient (Wildman–Crippen LogP) is 4.83. The van der Waals surface area contributed by atoms with Gasteiger partial charge >= 0.3 is 0 Å². The Bertz CT molecular complexity index is 827. The number of hydrogen-bond donors (Lipinski definition) is 0. The molecule has 24 heavy (non-hydrogen) atoms. The van der Waals surface area contributed by atoms with E-state index >= 15 is 0 Å². The number of anilines is 1. The molecule has 0 aliphatic carbocycles. The van der Waals surface area contributed by atoms with Gasteiger partial charge in [-0.15, -0.1) is 0 Å². The highest BCUT2D eigenvalue weighted by Gasteiger charge is 2.34. The standard InChI is InChI=1S/C19H20ClN3O/c1-19(2)14-11-13(20)9-10-15(14)22-18(19)12-21-23(3)16-7-5-6-8-17(16)24-4/h5-12H,1-4H3. The number of aliphatic imine (C=N–C) groups is 1. The second-order valence-corrected chi connectivity index (χ2v) is 6.66. The van der Waals surface area contributed by atoms with Crippen LogP contribution in [0.25, 0.3) is 0 Å². The van der Waals surface area contributed by atoms with Gasteiger partial charge in [-0.05, 0) is 35.9 Å². The number of hydrogen-bond acceptors (Lipinski definition) is 4. The quantitative estimate of drug-likeness (QED) is 0.589. The first-order valence-corrected chi connectivity index (χ1v) is 8.11. The van der Waals surface area contributed by atoms with Gasteiger partial charge in [0.15, 0.2) is 0 Å². The van der Waals surface area contributed by atoms with Crippen LogP contribution in [0.15, 0.2) is 52.6 Å². The zero-order valence-electron chi connectivity index (χ0n) is 14.2. The van der Waals surface area contributed by atoms with Crippen molar-refractivity contribution in [2.24, 2.45) is 10.1 Å². The summed E-state index contributed by atoms with van der Waals surface area (Å²) in [6, 6.07) is 13.6. The normalized spacial score (nSPS) is 15.3. The summed E-state index contributed by atoms with van der Waals surface area (Å²) in [4.78, 5) is 4.70. The van der Waals surface area contributed by atoms with Crippen molar-refractivity contribution in [2.75, 3.05) is 19.2 Å². The Kier molecular flexibility index (Phi) is 4.33. The molecule has 2 aromatic carbocycles. The topological polar surface area (TPSA) is 37.2 Å². The lowest BCUT2D eigenvalue weighted by atomic mass is 9.82. The highest BCUT2D eigenvalue weighted by atomic mass is 35.5. The lowest BCUT2D eigenvalue weighted by molar-refractivity contribution is 0.415. The van der Waals surface area contributed by atoms with Crippen molar-refractivity contribution < 1.29 is 4.74 Å². The van der Waals surface area contributed by atoms with Crippen LogP contribution in [-0.2, 0) is 5.41 Å². The van der Waals surface area contributed by atoms with Gasteiger partial charge in [0.25, 0.3) is 0 Å². The molecule has 0 fully saturated rings. The van der Waals surface area contributed by atoms with Crippen molar-refractivity contribution in [3.05, 3.63) is 53.1 Å². The average Bonchev–Trinajstić information content (AvgIpc) is 2.83. The third kappa shape index (κ3) is 2.89. The van der Waals surface area contributed by atoms with Crippen molar-refractivity contribution in [2.45, 2.75) is 19.3 Å². The number of ether oxygens (including phenoxy) is 1. The van der Waals surface area contributed by atoms with Crippen molar-refractivity contribution >= 4 is 34.9 Å². The van der Waals surface area contributed by atoms with Gasteiger partial charge in [-0.2, -0.15) is 5.10 Å². The zero-order chi connectivity index (χ0) is 17.3. The van der Waals surface area contributed by atoms with Gasteiger partial charge in [-0.25, -0.2) is 0 Å². The van der Waals surface area contributed by atoms with E-state index in [4.69, 9.17) is 21.3 Å². The van der Waals surface area contributed by atoms with E-state index in [9.17, 15) is 0 Å². The maximum absolute atomic E-state index is 6.13. The van der Waals surface area contributed by atoms with E-state index in [1.807, 2.05) is 49.5 Å². The van der Waals surface area contributed by atoms with Crippen LogP contribution in [0.4, 0.5) is 11.4 Å². The van der Waals surface area contributed by atoms with Gasteiger partial charge in [0.2, 0.25) is 0 Å². The minimum atomic E-state index is -0.231. The number of benzene rings is 2. The molecule has 0 saturated carbocycles. The van der Waals surface area contributed by atoms with Gasteiger partial charge < -0.3 is 4.74 Å². The first-order valence-electron chi connectivity index (χ1n) is 7.73. The van der Waals surface area contributed by atoms with Crippen molar-refractivity contribution in [1.82, 2.24) is 0 Å². The highest BCUT2D eigenvalue weighted by Crippen LogP contribution is 2.40. The maximum Gasteiger partial charge on any atom is 0.144 e. The Morgan fingerprint density at radius 2 is 1.96 bits per heavy atom. The Morgan fingerprint density at radius 1 is 1.21 bits per heavy atom. The fourth-order valence-corrected chi connectivity index (χ4v) is 2.98. The molecule has 0 bridgehead atoms. The molecule has 0 unspecified atom stereocenters. The van der Waals surface area contributed by atoms with Gasteiger partial charge in [0, 0.05) is 17.5 Å². The molecular formula is C19H20ClN3O. The third-order valence-corrected chi connectivity index (χ3v) is 4.54. The average molecular weight is 342 g/mol. The summed E-state index contributed by atoms with van der Waals surface area (Å²) < 4.78 is 5.38. The lowest BCUT2D eigenvalue weighted by Crippen LogP contribution is -2.27. The highest BCUT2D eigenvalue weighted by molar-refractivity contribution is 6.37. The Labute approximate surface area is 147 Å². The Morgan fingerprint density at radius 3 is 2.71 bits per heavy atom. The van der Waals surface area contributed by atoms with Crippen LogP contribution < -0.4 is 9.75 Å². The second kappa shape index (κ2) is 6.29. The van der Waals surface area contributed by atoms with Crippen LogP contribution in [0.5, 0.6) is 5.75 Å². The van der Waals surface area contributed by atoms with Crippen molar-refractivity contribution in [3.8, 4) is 5.75 Å². The van der Waals surface area contributed by atoms with E-state index in [0.717, 1.165) is 33.4 Å². The molecule has 124 valence electrons. The molecule has 2 aromatic rings. The Balaban J connectivity index is 1.88. The summed E-state index contributed by atoms with van der Waals surface area (Å²) in [7, 11) is 3.54. The number of fused-ring (bicyclic) bond motifs is 1. The summed E-state index contributed by atoms with van der Waals surface area (Å²) in [5, 5.41) is 7.06. The number of nitrogens with zero attached hydrogens (tertiary/aromatic N) is 3. The summed E-state index contributed by atoms with van der Waals surface area (Å²) in [6.07, 6.45) is 1.81. The molecule has 1 heterocycles. The van der Waals surface area contributed by atoms with E-state index in [1.165, 1.54) is 0 Å². The first-order chi connectivity index (χ1) is 11.4. The zero-order valence-corrected chi connectivity index (χ0v) is 15.0. The molecule has 5 heteroatoms. The van der Waals surface area contributed by atoms with Gasteiger partial charge in [0.05, 0.1) is 24.7 Å². The molecule has 0 amide bonds. The van der Waals surface area contributed by atoms with Crippen LogP contribution in [0.2, 0.25) is 5.02 Å². The predicted molar refractivity (Wildman–Crippen MR) is 101 cm³/mol. The van der Waals surface area contributed by atoms with E-state index in [0.29, 0.717) is 0 Å². The number of methoxy groups -OCH3 is 1. The Hall–Kier alpha value is -2.33. The van der Waals surface area contributed by atoms with Crippen LogP contribution in [0.1, 0.15) is 19.4 Å². The fourth-order valence-electron chi connectivity index (χ4n) is 2.80. The van der Waals surface area contributed by atoms with E-state index in [1.54, 1.807) is 18.3 Å². The smallest absolute Gasteiger partial charge is 0.144 e. The SMILES string of the molecule is COc1ccccc1N(C)N=CC1=Nc2ccc(Cl)cc2C1(C)C. The summed E-state index contributed by atoms with van der Waals surface area (Å²) in [6.45, 7) is 4.26. The molecular weight excluding hydrogens is 322 g/mol. The minimum Gasteiger partial charge on any atom is -0.495 e. The van der Waals surface area contributed by atoms with E-state index in [-0.39, 0.29) is 5.41 Å². The van der Waals surface area contributed by atoms with Crippen LogP contribution in [-0.4, -0.2) is 26.1 Å². The van der Waals surface area contributed by atoms with E-state index < -0.39 is 0 Å². The van der Waals surface area contributed by atoms with E-state index in [2.05, 4.69) is 18.9 Å². The molecule has 0 saturated heterocycles. The molecule has 1 aliphatic heterocycles. The lowest BCUT2D eigenvalue weighted by Gasteiger charge is -2.21. The number of rotatable bonds is 4. The summed E-state index contributed by atoms with van der Waals surface area (Å²) in [5.74, 6) is 0.778. The molecule has 0 N–H and O–H groups in total. The minimum absolute atomic E-state index is 0.231. The second-order valence-electron chi connectivity index (χ2n) is 6.22. The molecule has 0 spiro atoms. The molecule has 3 rings (SSSR count). The maximum atomic E-state index is 6.13. The summed E-state index contributed by atoms with van der Waals surface area (Å²) in [5.41, 5.74) is 3.64. The van der Waals surface area contributed by atoms with Crippen molar-refractivity contribution in [3.63, 3.8) is 0 Å². The van der Waals surface area contributed by atoms with Gasteiger partial charge in [-0.3, -0.25) is 10.0 Å². The number of hydrazone groups is 1. The third-order valence-electron chi connectivity index (χ3n) is 4.30. The van der Waals surface area contributed by atoms with Gasteiger partial charge in [-0.1, -0.05) is 37.6 Å². The largest absolute Gasteiger partial charge is 0.495 e. The van der Waals surface area contributed by atoms with Crippen LogP contribution in [0, 0.1) is 0 Å². The molecule has 0 radical (unpaired) electrons.